The summed E-state index contributed by atoms with van der Waals surface area (Å²) in [7, 11) is 2.27. The summed E-state index contributed by atoms with van der Waals surface area (Å²) >= 11 is 0. The summed E-state index contributed by atoms with van der Waals surface area (Å²) in [6.07, 6.45) is -0.0129. The molecule has 0 aliphatic carbocycles. The molecular formula is C10H23N3O3S. The minimum absolute atomic E-state index is 0.0835. The average molecular weight is 265 g/mol. The standard InChI is InChI=1S/C10H23N3O3S/c1-11-4-5-17(15,16)13-8-10(14)6-9(13)7-12(2)3/h9-11,14H,4-8H2,1-3H3. The van der Waals surface area contributed by atoms with Gasteiger partial charge in [-0.3, -0.25) is 0 Å². The Morgan fingerprint density at radius 3 is 2.65 bits per heavy atom. The van der Waals surface area contributed by atoms with Gasteiger partial charge in [-0.1, -0.05) is 0 Å². The van der Waals surface area contributed by atoms with Crippen molar-refractivity contribution in [2.45, 2.75) is 18.6 Å². The second kappa shape index (κ2) is 6.10. The van der Waals surface area contributed by atoms with Gasteiger partial charge in [0.2, 0.25) is 10.0 Å². The Kier molecular flexibility index (Phi) is 5.33. The first-order chi connectivity index (χ1) is 7.86. The zero-order valence-electron chi connectivity index (χ0n) is 10.8. The summed E-state index contributed by atoms with van der Waals surface area (Å²) in [5, 5.41) is 12.5. The molecule has 0 aromatic carbocycles. The molecule has 102 valence electrons. The van der Waals surface area contributed by atoms with Crippen LogP contribution in [0.2, 0.25) is 0 Å². The molecule has 2 N–H and O–H groups in total. The first-order valence-corrected chi connectivity index (χ1v) is 7.44. The van der Waals surface area contributed by atoms with Crippen molar-refractivity contribution < 1.29 is 13.5 Å². The second-order valence-corrected chi connectivity index (χ2v) is 6.84. The van der Waals surface area contributed by atoms with Crippen LogP contribution < -0.4 is 5.32 Å². The molecule has 1 rings (SSSR count). The Bertz CT molecular complexity index is 332. The topological polar surface area (TPSA) is 72.9 Å². The Hall–Kier alpha value is -0.210. The van der Waals surface area contributed by atoms with E-state index in [2.05, 4.69) is 5.32 Å². The van der Waals surface area contributed by atoms with Crippen LogP contribution >= 0.6 is 0 Å². The van der Waals surface area contributed by atoms with Crippen LogP contribution in [0.25, 0.3) is 0 Å². The third kappa shape index (κ3) is 4.18. The number of likely N-dealkylation sites (N-methyl/N-ethyl adjacent to an activating group) is 1. The highest BCUT2D eigenvalue weighted by Crippen LogP contribution is 2.22. The van der Waals surface area contributed by atoms with Crippen LogP contribution in [-0.4, -0.2) is 81.4 Å². The predicted octanol–water partition coefficient (Wildman–Crippen LogP) is -1.47. The highest BCUT2D eigenvalue weighted by molar-refractivity contribution is 7.89. The molecule has 1 fully saturated rings. The molecule has 1 heterocycles. The predicted molar refractivity (Wildman–Crippen MR) is 67.4 cm³/mol. The molecule has 0 spiro atoms. The van der Waals surface area contributed by atoms with Crippen LogP contribution in [0, 0.1) is 0 Å². The quantitative estimate of drug-likeness (QED) is 0.613. The van der Waals surface area contributed by atoms with E-state index >= 15 is 0 Å². The van der Waals surface area contributed by atoms with E-state index in [4.69, 9.17) is 0 Å². The van der Waals surface area contributed by atoms with Gasteiger partial charge < -0.3 is 15.3 Å². The van der Waals surface area contributed by atoms with Crippen molar-refractivity contribution in [3.63, 3.8) is 0 Å². The van der Waals surface area contributed by atoms with Crippen molar-refractivity contribution in [1.29, 1.82) is 0 Å². The number of sulfonamides is 1. The number of nitrogens with one attached hydrogen (secondary N) is 1. The van der Waals surface area contributed by atoms with E-state index in [-0.39, 0.29) is 18.3 Å². The first-order valence-electron chi connectivity index (χ1n) is 5.83. The number of hydrogen-bond donors (Lipinski definition) is 2. The van der Waals surface area contributed by atoms with Gasteiger partial charge in [-0.05, 0) is 27.6 Å². The van der Waals surface area contributed by atoms with E-state index in [9.17, 15) is 13.5 Å². The fraction of sp³-hybridized carbons (Fsp3) is 1.00. The molecule has 1 aliphatic rings. The van der Waals surface area contributed by atoms with Crippen LogP contribution in [0.15, 0.2) is 0 Å². The fourth-order valence-electron chi connectivity index (χ4n) is 2.14. The Labute approximate surface area is 104 Å². The smallest absolute Gasteiger partial charge is 0.215 e. The van der Waals surface area contributed by atoms with E-state index < -0.39 is 16.1 Å². The molecule has 1 saturated heterocycles. The summed E-state index contributed by atoms with van der Waals surface area (Å²) < 4.78 is 25.6. The van der Waals surface area contributed by atoms with Gasteiger partial charge in [0.15, 0.2) is 0 Å². The van der Waals surface area contributed by atoms with Crippen LogP contribution in [-0.2, 0) is 10.0 Å². The molecule has 6 nitrogen and oxygen atoms in total. The van der Waals surface area contributed by atoms with Gasteiger partial charge in [-0.2, -0.15) is 4.31 Å². The summed E-state index contributed by atoms with van der Waals surface area (Å²) in [6, 6.07) is -0.109. The van der Waals surface area contributed by atoms with Gasteiger partial charge in [0.05, 0.1) is 11.9 Å². The van der Waals surface area contributed by atoms with E-state index in [1.807, 2.05) is 19.0 Å². The van der Waals surface area contributed by atoms with E-state index in [1.165, 1.54) is 4.31 Å². The zero-order chi connectivity index (χ0) is 13.1. The molecule has 7 heteroatoms. The minimum atomic E-state index is -3.27. The lowest BCUT2D eigenvalue weighted by Gasteiger charge is -2.26. The normalized spacial score (nSPS) is 26.9. The highest BCUT2D eigenvalue weighted by Gasteiger charge is 2.38. The zero-order valence-corrected chi connectivity index (χ0v) is 11.6. The maximum Gasteiger partial charge on any atom is 0.215 e. The molecule has 17 heavy (non-hydrogen) atoms. The summed E-state index contributed by atoms with van der Waals surface area (Å²) in [4.78, 5) is 1.95. The number of nitrogens with zero attached hydrogens (tertiary/aromatic N) is 2. The Morgan fingerprint density at radius 2 is 2.12 bits per heavy atom. The highest BCUT2D eigenvalue weighted by atomic mass is 32.2. The molecule has 2 atom stereocenters. The largest absolute Gasteiger partial charge is 0.392 e. The van der Waals surface area contributed by atoms with Crippen molar-refractivity contribution >= 4 is 10.0 Å². The molecular weight excluding hydrogens is 242 g/mol. The number of aliphatic hydroxyl groups excluding tert-OH is 1. The third-order valence-electron chi connectivity index (χ3n) is 2.89. The first kappa shape index (κ1) is 14.8. The molecule has 0 radical (unpaired) electrons. The van der Waals surface area contributed by atoms with Gasteiger partial charge >= 0.3 is 0 Å². The average Bonchev–Trinajstić information content (AvgIpc) is 2.56. The summed E-state index contributed by atoms with van der Waals surface area (Å²) in [6.45, 7) is 1.31. The monoisotopic (exact) mass is 265 g/mol. The molecule has 0 aromatic rings. The van der Waals surface area contributed by atoms with Gasteiger partial charge in [-0.25, -0.2) is 8.42 Å². The number of hydrogen-bond acceptors (Lipinski definition) is 5. The molecule has 0 saturated carbocycles. The van der Waals surface area contributed by atoms with Crippen LogP contribution in [0.4, 0.5) is 0 Å². The molecule has 2 unspecified atom stereocenters. The molecule has 1 aliphatic heterocycles. The van der Waals surface area contributed by atoms with Gasteiger partial charge in [-0.15, -0.1) is 0 Å². The molecule has 0 amide bonds. The summed E-state index contributed by atoms with van der Waals surface area (Å²) in [5.41, 5.74) is 0. The van der Waals surface area contributed by atoms with Crippen molar-refractivity contribution in [1.82, 2.24) is 14.5 Å². The maximum absolute atomic E-state index is 12.1. The SMILES string of the molecule is CNCCS(=O)(=O)N1CC(O)CC1CN(C)C. The molecule has 0 bridgehead atoms. The fourth-order valence-corrected chi connectivity index (χ4v) is 3.84. The second-order valence-electron chi connectivity index (χ2n) is 4.79. The van der Waals surface area contributed by atoms with Crippen molar-refractivity contribution in [3.05, 3.63) is 0 Å². The third-order valence-corrected chi connectivity index (χ3v) is 4.77. The van der Waals surface area contributed by atoms with Gasteiger partial charge in [0.1, 0.15) is 0 Å². The van der Waals surface area contributed by atoms with E-state index in [0.717, 1.165) is 0 Å². The van der Waals surface area contributed by atoms with E-state index in [0.29, 0.717) is 19.5 Å². The van der Waals surface area contributed by atoms with Crippen LogP contribution in [0.3, 0.4) is 0 Å². The molecule has 0 aromatic heterocycles. The van der Waals surface area contributed by atoms with Crippen molar-refractivity contribution in [2.24, 2.45) is 0 Å². The van der Waals surface area contributed by atoms with Gasteiger partial charge in [0.25, 0.3) is 0 Å². The minimum Gasteiger partial charge on any atom is -0.392 e. The lowest BCUT2D eigenvalue weighted by atomic mass is 10.2. The van der Waals surface area contributed by atoms with Crippen LogP contribution in [0.1, 0.15) is 6.42 Å². The van der Waals surface area contributed by atoms with Crippen LogP contribution in [0.5, 0.6) is 0 Å². The Morgan fingerprint density at radius 1 is 1.47 bits per heavy atom. The van der Waals surface area contributed by atoms with Gasteiger partial charge in [0, 0.05) is 25.7 Å². The number of rotatable bonds is 6. The maximum atomic E-state index is 12.1. The lowest BCUT2D eigenvalue weighted by Crippen LogP contribution is -2.43. The van der Waals surface area contributed by atoms with Crippen molar-refractivity contribution in [3.8, 4) is 0 Å². The number of aliphatic hydroxyl groups is 1. The van der Waals surface area contributed by atoms with Crippen molar-refractivity contribution in [2.75, 3.05) is 46.5 Å². The van der Waals surface area contributed by atoms with E-state index in [1.54, 1.807) is 7.05 Å². The lowest BCUT2D eigenvalue weighted by molar-refractivity contribution is 0.188. The summed E-state index contributed by atoms with van der Waals surface area (Å²) in [5.74, 6) is 0.0835. The number of β-amino-alcohol motifs (C(OH)–C–C–N with tert-alkyl or cyclic N) is 1. The Balaban J connectivity index is 2.72.